The van der Waals surface area contributed by atoms with Crippen LogP contribution in [-0.2, 0) is 0 Å². The maximum absolute atomic E-state index is 13.7. The Bertz CT molecular complexity index is 1470. The predicted octanol–water partition coefficient (Wildman–Crippen LogP) is 6.07. The highest BCUT2D eigenvalue weighted by Gasteiger charge is 2.25. The molecule has 0 atom stereocenters. The molecule has 0 heterocycles. The Morgan fingerprint density at radius 1 is 0.703 bits per heavy atom. The van der Waals surface area contributed by atoms with Crippen molar-refractivity contribution in [3.63, 3.8) is 0 Å². The van der Waals surface area contributed by atoms with Gasteiger partial charge in [-0.2, -0.15) is 0 Å². The zero-order chi connectivity index (χ0) is 26.5. The number of phenolic OH excluding ortho intramolecular Hbond substituents is 1. The van der Waals surface area contributed by atoms with Crippen LogP contribution >= 0.6 is 0 Å². The second kappa shape index (κ2) is 10.9. The van der Waals surface area contributed by atoms with Gasteiger partial charge < -0.3 is 15.1 Å². The highest BCUT2D eigenvalue weighted by atomic mass is 16.4. The van der Waals surface area contributed by atoms with Crippen LogP contribution in [0.2, 0.25) is 0 Å². The number of carboxylic acid groups (broad SMARTS) is 1. The molecule has 0 fully saturated rings. The smallest absolute Gasteiger partial charge is 0.336 e. The fraction of sp³-hybridized carbons (Fsp3) is 0.129. The summed E-state index contributed by atoms with van der Waals surface area (Å²) in [6, 6.07) is 24.9. The number of carbonyl (C=O) groups excluding carboxylic acids is 2. The molecule has 186 valence electrons. The summed E-state index contributed by atoms with van der Waals surface area (Å²) in [7, 11) is 0. The van der Waals surface area contributed by atoms with Crippen LogP contribution in [0.4, 0.5) is 5.69 Å². The number of aromatic hydroxyl groups is 1. The number of aromatic carboxylic acids is 1. The van der Waals surface area contributed by atoms with E-state index in [1.807, 2.05) is 24.8 Å². The van der Waals surface area contributed by atoms with Crippen molar-refractivity contribution in [1.29, 1.82) is 0 Å². The lowest BCUT2D eigenvalue weighted by Gasteiger charge is -2.21. The summed E-state index contributed by atoms with van der Waals surface area (Å²) in [5.41, 5.74) is 2.34. The molecule has 0 bridgehead atoms. The molecular weight excluding hydrogens is 466 g/mol. The number of carbonyl (C=O) groups is 3. The lowest BCUT2D eigenvalue weighted by Crippen LogP contribution is -2.21. The van der Waals surface area contributed by atoms with Gasteiger partial charge in [0.1, 0.15) is 5.75 Å². The van der Waals surface area contributed by atoms with Crippen LogP contribution in [0.1, 0.15) is 56.0 Å². The van der Waals surface area contributed by atoms with Gasteiger partial charge in [0, 0.05) is 41.5 Å². The van der Waals surface area contributed by atoms with E-state index >= 15 is 0 Å². The van der Waals surface area contributed by atoms with Gasteiger partial charge in [0.2, 0.25) is 0 Å². The van der Waals surface area contributed by atoms with E-state index in [0.29, 0.717) is 22.3 Å². The van der Waals surface area contributed by atoms with E-state index < -0.39 is 11.8 Å². The normalized spacial score (nSPS) is 10.6. The van der Waals surface area contributed by atoms with E-state index in [4.69, 9.17) is 0 Å². The minimum absolute atomic E-state index is 0.00220. The lowest BCUT2D eigenvalue weighted by molar-refractivity contribution is 0.0692. The summed E-state index contributed by atoms with van der Waals surface area (Å²) in [6.45, 7) is 5.44. The van der Waals surface area contributed by atoms with Gasteiger partial charge in [-0.3, -0.25) is 9.59 Å². The van der Waals surface area contributed by atoms with E-state index in [1.54, 1.807) is 66.7 Å². The van der Waals surface area contributed by atoms with Crippen molar-refractivity contribution in [3.05, 3.63) is 119 Å². The van der Waals surface area contributed by atoms with E-state index in [-0.39, 0.29) is 28.2 Å². The summed E-state index contributed by atoms with van der Waals surface area (Å²) >= 11 is 0. The standard InChI is InChI=1S/C31H27NO5/c1-3-32(4-2)23-16-17-25(27(33)19-23)30(35)28-24(14-9-15-26(28)31(36)37)21-12-8-13-22(18-21)29(34)20-10-6-5-7-11-20/h5-19,33H,3-4H2,1-2H3,(H,36,37). The molecule has 6 heteroatoms. The highest BCUT2D eigenvalue weighted by molar-refractivity contribution is 6.19. The Morgan fingerprint density at radius 2 is 1.38 bits per heavy atom. The van der Waals surface area contributed by atoms with Crippen LogP contribution in [0.25, 0.3) is 11.1 Å². The van der Waals surface area contributed by atoms with Gasteiger partial charge in [0.05, 0.1) is 11.1 Å². The van der Waals surface area contributed by atoms with Gasteiger partial charge in [-0.05, 0) is 49.2 Å². The molecular formula is C31H27NO5. The Labute approximate surface area is 215 Å². The molecule has 0 saturated carbocycles. The summed E-state index contributed by atoms with van der Waals surface area (Å²) in [4.78, 5) is 40.9. The molecule has 2 N–H and O–H groups in total. The summed E-state index contributed by atoms with van der Waals surface area (Å²) in [6.07, 6.45) is 0. The Kier molecular flexibility index (Phi) is 7.49. The first-order chi connectivity index (χ1) is 17.8. The third-order valence-corrected chi connectivity index (χ3v) is 6.35. The maximum Gasteiger partial charge on any atom is 0.336 e. The molecule has 0 aromatic heterocycles. The minimum Gasteiger partial charge on any atom is -0.507 e. The maximum atomic E-state index is 13.7. The van der Waals surface area contributed by atoms with Gasteiger partial charge in [0.15, 0.2) is 11.6 Å². The highest BCUT2D eigenvalue weighted by Crippen LogP contribution is 2.33. The zero-order valence-electron chi connectivity index (χ0n) is 20.6. The molecule has 0 saturated heterocycles. The van der Waals surface area contributed by atoms with Crippen LogP contribution in [-0.4, -0.2) is 40.8 Å². The molecule has 0 aliphatic carbocycles. The van der Waals surface area contributed by atoms with Gasteiger partial charge in [0.25, 0.3) is 0 Å². The number of carboxylic acids is 1. The molecule has 4 rings (SSSR count). The molecule has 0 spiro atoms. The first-order valence-corrected chi connectivity index (χ1v) is 12.0. The molecule has 0 amide bonds. The predicted molar refractivity (Wildman–Crippen MR) is 144 cm³/mol. The molecule has 0 aliphatic heterocycles. The molecule has 6 nitrogen and oxygen atoms in total. The van der Waals surface area contributed by atoms with E-state index in [0.717, 1.165) is 18.8 Å². The van der Waals surface area contributed by atoms with Gasteiger partial charge in [-0.1, -0.05) is 60.7 Å². The van der Waals surface area contributed by atoms with E-state index in [9.17, 15) is 24.6 Å². The Morgan fingerprint density at radius 3 is 2.03 bits per heavy atom. The van der Waals surface area contributed by atoms with Crippen molar-refractivity contribution in [2.24, 2.45) is 0 Å². The number of rotatable bonds is 9. The van der Waals surface area contributed by atoms with Crippen LogP contribution in [0.15, 0.2) is 91.0 Å². The molecule has 37 heavy (non-hydrogen) atoms. The van der Waals surface area contributed by atoms with Crippen molar-refractivity contribution in [1.82, 2.24) is 0 Å². The fourth-order valence-corrected chi connectivity index (χ4v) is 4.43. The topological polar surface area (TPSA) is 94.9 Å². The molecule has 0 radical (unpaired) electrons. The zero-order valence-corrected chi connectivity index (χ0v) is 20.6. The number of nitrogens with zero attached hydrogens (tertiary/aromatic N) is 1. The van der Waals surface area contributed by atoms with Crippen molar-refractivity contribution in [2.45, 2.75) is 13.8 Å². The second-order valence-corrected chi connectivity index (χ2v) is 8.51. The fourth-order valence-electron chi connectivity index (χ4n) is 4.43. The van der Waals surface area contributed by atoms with Crippen molar-refractivity contribution >= 4 is 23.2 Å². The van der Waals surface area contributed by atoms with Crippen LogP contribution in [0.3, 0.4) is 0 Å². The second-order valence-electron chi connectivity index (χ2n) is 8.51. The third kappa shape index (κ3) is 5.14. The van der Waals surface area contributed by atoms with Crippen molar-refractivity contribution in [3.8, 4) is 16.9 Å². The lowest BCUT2D eigenvalue weighted by atomic mass is 9.88. The molecule has 4 aromatic rings. The first-order valence-electron chi connectivity index (χ1n) is 12.0. The number of anilines is 1. The van der Waals surface area contributed by atoms with E-state index in [2.05, 4.69) is 0 Å². The molecule has 0 unspecified atom stereocenters. The number of hydrogen-bond acceptors (Lipinski definition) is 5. The van der Waals surface area contributed by atoms with E-state index in [1.165, 1.54) is 18.2 Å². The summed E-state index contributed by atoms with van der Waals surface area (Å²) in [5, 5.41) is 20.7. The number of phenols is 1. The summed E-state index contributed by atoms with van der Waals surface area (Å²) < 4.78 is 0. The Hall–Kier alpha value is -4.71. The first kappa shape index (κ1) is 25.4. The monoisotopic (exact) mass is 493 g/mol. The van der Waals surface area contributed by atoms with Crippen LogP contribution in [0.5, 0.6) is 5.75 Å². The van der Waals surface area contributed by atoms with Gasteiger partial charge >= 0.3 is 5.97 Å². The quantitative estimate of drug-likeness (QED) is 0.275. The van der Waals surface area contributed by atoms with Gasteiger partial charge in [-0.15, -0.1) is 0 Å². The molecule has 4 aromatic carbocycles. The van der Waals surface area contributed by atoms with Gasteiger partial charge in [-0.25, -0.2) is 4.79 Å². The third-order valence-electron chi connectivity index (χ3n) is 6.35. The number of hydrogen-bond donors (Lipinski definition) is 2. The average molecular weight is 494 g/mol. The number of ketones is 2. The van der Waals surface area contributed by atoms with Crippen LogP contribution in [0, 0.1) is 0 Å². The van der Waals surface area contributed by atoms with Crippen LogP contribution < -0.4 is 4.90 Å². The summed E-state index contributed by atoms with van der Waals surface area (Å²) in [5.74, 6) is -2.29. The largest absolute Gasteiger partial charge is 0.507 e. The average Bonchev–Trinajstić information content (AvgIpc) is 2.93. The van der Waals surface area contributed by atoms with Crippen molar-refractivity contribution in [2.75, 3.05) is 18.0 Å². The molecule has 0 aliphatic rings. The van der Waals surface area contributed by atoms with Crippen molar-refractivity contribution < 1.29 is 24.6 Å². The Balaban J connectivity index is 1.83. The minimum atomic E-state index is -1.26. The number of benzene rings is 4. The SMILES string of the molecule is CCN(CC)c1ccc(C(=O)c2c(C(=O)O)cccc2-c2cccc(C(=O)c3ccccc3)c2)c(O)c1.